The van der Waals surface area contributed by atoms with Crippen molar-refractivity contribution >= 4 is 27.8 Å². The number of ether oxygens (including phenoxy) is 1. The SMILES string of the molecule is O=C(COC(=O)c1cccc(Br)c1)NC1CC1. The molecule has 1 fully saturated rings. The van der Waals surface area contributed by atoms with Gasteiger partial charge >= 0.3 is 5.97 Å². The molecule has 0 heterocycles. The average Bonchev–Trinajstić information content (AvgIpc) is 3.10. The number of nitrogens with one attached hydrogen (secondary N) is 1. The Bertz CT molecular complexity index is 443. The molecule has 0 atom stereocenters. The van der Waals surface area contributed by atoms with Crippen LogP contribution in [0.25, 0.3) is 0 Å². The van der Waals surface area contributed by atoms with Crippen molar-refractivity contribution in [3.05, 3.63) is 34.3 Å². The molecule has 17 heavy (non-hydrogen) atoms. The number of halogens is 1. The number of hydrogen-bond donors (Lipinski definition) is 1. The van der Waals surface area contributed by atoms with E-state index >= 15 is 0 Å². The van der Waals surface area contributed by atoms with Crippen LogP contribution in [0.2, 0.25) is 0 Å². The third kappa shape index (κ3) is 3.85. The van der Waals surface area contributed by atoms with Crippen LogP contribution in [0.1, 0.15) is 23.2 Å². The fourth-order valence-electron chi connectivity index (χ4n) is 1.33. The van der Waals surface area contributed by atoms with Crippen molar-refractivity contribution in [3.63, 3.8) is 0 Å². The van der Waals surface area contributed by atoms with Gasteiger partial charge in [0.1, 0.15) is 0 Å². The summed E-state index contributed by atoms with van der Waals surface area (Å²) in [5.74, 6) is -0.729. The molecular weight excluding hydrogens is 286 g/mol. The van der Waals surface area contributed by atoms with Crippen molar-refractivity contribution in [2.24, 2.45) is 0 Å². The molecule has 4 nitrogen and oxygen atoms in total. The molecule has 0 saturated heterocycles. The number of rotatable bonds is 4. The molecule has 1 amide bonds. The van der Waals surface area contributed by atoms with Gasteiger partial charge in [-0.25, -0.2) is 4.79 Å². The number of amides is 1. The molecule has 5 heteroatoms. The lowest BCUT2D eigenvalue weighted by molar-refractivity contribution is -0.124. The van der Waals surface area contributed by atoms with E-state index in [0.717, 1.165) is 17.3 Å². The van der Waals surface area contributed by atoms with E-state index < -0.39 is 5.97 Å². The predicted molar refractivity (Wildman–Crippen MR) is 65.6 cm³/mol. The Hall–Kier alpha value is -1.36. The summed E-state index contributed by atoms with van der Waals surface area (Å²) in [6.07, 6.45) is 2.04. The zero-order chi connectivity index (χ0) is 12.3. The van der Waals surface area contributed by atoms with E-state index in [1.807, 2.05) is 6.07 Å². The van der Waals surface area contributed by atoms with E-state index in [9.17, 15) is 9.59 Å². The van der Waals surface area contributed by atoms with Gasteiger partial charge in [0.25, 0.3) is 5.91 Å². The molecule has 0 bridgehead atoms. The first-order valence-electron chi connectivity index (χ1n) is 5.37. The van der Waals surface area contributed by atoms with E-state index in [1.165, 1.54) is 0 Å². The van der Waals surface area contributed by atoms with E-state index in [2.05, 4.69) is 21.2 Å². The Kier molecular flexibility index (Phi) is 3.78. The molecule has 1 saturated carbocycles. The molecule has 0 spiro atoms. The lowest BCUT2D eigenvalue weighted by Gasteiger charge is -2.05. The Balaban J connectivity index is 1.82. The minimum Gasteiger partial charge on any atom is -0.452 e. The first kappa shape index (κ1) is 12.1. The Morgan fingerprint density at radius 2 is 2.18 bits per heavy atom. The van der Waals surface area contributed by atoms with Crippen LogP contribution in [-0.4, -0.2) is 24.5 Å². The maximum atomic E-state index is 11.6. The highest BCUT2D eigenvalue weighted by molar-refractivity contribution is 9.10. The molecule has 0 radical (unpaired) electrons. The summed E-state index contributed by atoms with van der Waals surface area (Å²) in [6, 6.07) is 7.14. The molecule has 2 rings (SSSR count). The molecule has 90 valence electrons. The van der Waals surface area contributed by atoms with Gasteiger partial charge in [-0.3, -0.25) is 4.79 Å². The fourth-order valence-corrected chi connectivity index (χ4v) is 1.73. The van der Waals surface area contributed by atoms with Crippen LogP contribution in [0.5, 0.6) is 0 Å². The van der Waals surface area contributed by atoms with Crippen molar-refractivity contribution < 1.29 is 14.3 Å². The first-order valence-corrected chi connectivity index (χ1v) is 6.16. The summed E-state index contributed by atoms with van der Waals surface area (Å²) in [7, 11) is 0. The number of carbonyl (C=O) groups is 2. The van der Waals surface area contributed by atoms with Crippen LogP contribution in [-0.2, 0) is 9.53 Å². The summed E-state index contributed by atoms with van der Waals surface area (Å²) in [4.78, 5) is 22.9. The second-order valence-corrected chi connectivity index (χ2v) is 4.84. The largest absolute Gasteiger partial charge is 0.452 e. The third-order valence-corrected chi connectivity index (χ3v) is 2.83. The second-order valence-electron chi connectivity index (χ2n) is 3.93. The molecule has 0 aliphatic heterocycles. The highest BCUT2D eigenvalue weighted by Gasteiger charge is 2.23. The van der Waals surface area contributed by atoms with Crippen LogP contribution in [0, 0.1) is 0 Å². The second kappa shape index (κ2) is 5.31. The number of esters is 1. The van der Waals surface area contributed by atoms with Gasteiger partial charge < -0.3 is 10.1 Å². The van der Waals surface area contributed by atoms with E-state index in [-0.39, 0.29) is 18.6 Å². The molecule has 1 aromatic rings. The van der Waals surface area contributed by atoms with Gasteiger partial charge in [0.15, 0.2) is 6.61 Å². The highest BCUT2D eigenvalue weighted by Crippen LogP contribution is 2.18. The molecule has 1 N–H and O–H groups in total. The molecule has 0 unspecified atom stereocenters. The van der Waals surface area contributed by atoms with Crippen molar-refractivity contribution in [2.75, 3.05) is 6.61 Å². The number of benzene rings is 1. The lowest BCUT2D eigenvalue weighted by atomic mass is 10.2. The maximum absolute atomic E-state index is 11.6. The van der Waals surface area contributed by atoms with Crippen LogP contribution in [0.3, 0.4) is 0 Å². The lowest BCUT2D eigenvalue weighted by Crippen LogP contribution is -2.30. The van der Waals surface area contributed by atoms with E-state index in [0.29, 0.717) is 5.56 Å². The third-order valence-electron chi connectivity index (χ3n) is 2.34. The van der Waals surface area contributed by atoms with Gasteiger partial charge in [-0.1, -0.05) is 22.0 Å². The van der Waals surface area contributed by atoms with Gasteiger partial charge in [-0.2, -0.15) is 0 Å². The van der Waals surface area contributed by atoms with E-state index in [4.69, 9.17) is 4.74 Å². The quantitative estimate of drug-likeness (QED) is 0.864. The standard InChI is InChI=1S/C12H12BrNO3/c13-9-3-1-2-8(6-9)12(16)17-7-11(15)14-10-4-5-10/h1-3,6,10H,4-5,7H2,(H,14,15). The maximum Gasteiger partial charge on any atom is 0.338 e. The summed E-state index contributed by atoms with van der Waals surface area (Å²) >= 11 is 3.26. The molecule has 0 aromatic heterocycles. The Morgan fingerprint density at radius 1 is 1.41 bits per heavy atom. The van der Waals surface area contributed by atoms with Crippen LogP contribution in [0.4, 0.5) is 0 Å². The van der Waals surface area contributed by atoms with Gasteiger partial charge in [-0.15, -0.1) is 0 Å². The molecule has 1 aromatic carbocycles. The first-order chi connectivity index (χ1) is 8.15. The monoisotopic (exact) mass is 297 g/mol. The smallest absolute Gasteiger partial charge is 0.338 e. The summed E-state index contributed by atoms with van der Waals surface area (Å²) in [5, 5.41) is 2.75. The normalized spacial score (nSPS) is 14.2. The predicted octanol–water partition coefficient (Wildman–Crippen LogP) is 1.88. The Labute approximate surface area is 107 Å². The van der Waals surface area contributed by atoms with E-state index in [1.54, 1.807) is 18.2 Å². The topological polar surface area (TPSA) is 55.4 Å². The van der Waals surface area contributed by atoms with Crippen molar-refractivity contribution in [1.29, 1.82) is 0 Å². The van der Waals surface area contributed by atoms with Crippen molar-refractivity contribution in [1.82, 2.24) is 5.32 Å². The highest BCUT2D eigenvalue weighted by atomic mass is 79.9. The molecule has 1 aliphatic rings. The molecule has 1 aliphatic carbocycles. The summed E-state index contributed by atoms with van der Waals surface area (Å²) in [5.41, 5.74) is 0.429. The van der Waals surface area contributed by atoms with Gasteiger partial charge in [0, 0.05) is 10.5 Å². The van der Waals surface area contributed by atoms with Crippen LogP contribution >= 0.6 is 15.9 Å². The minimum absolute atomic E-state index is 0.220. The average molecular weight is 298 g/mol. The van der Waals surface area contributed by atoms with Crippen LogP contribution < -0.4 is 5.32 Å². The van der Waals surface area contributed by atoms with Crippen molar-refractivity contribution in [3.8, 4) is 0 Å². The number of carbonyl (C=O) groups excluding carboxylic acids is 2. The fraction of sp³-hybridized carbons (Fsp3) is 0.333. The van der Waals surface area contributed by atoms with Gasteiger partial charge in [0.05, 0.1) is 5.56 Å². The van der Waals surface area contributed by atoms with Gasteiger partial charge in [0.2, 0.25) is 0 Å². The zero-order valence-corrected chi connectivity index (χ0v) is 10.7. The molecular formula is C12H12BrNO3. The minimum atomic E-state index is -0.489. The Morgan fingerprint density at radius 3 is 2.82 bits per heavy atom. The van der Waals surface area contributed by atoms with Gasteiger partial charge in [-0.05, 0) is 31.0 Å². The summed E-state index contributed by atoms with van der Waals surface area (Å²) < 4.78 is 5.70. The van der Waals surface area contributed by atoms with Crippen molar-refractivity contribution in [2.45, 2.75) is 18.9 Å². The summed E-state index contributed by atoms with van der Waals surface area (Å²) in [6.45, 7) is -0.220. The zero-order valence-electron chi connectivity index (χ0n) is 9.11. The van der Waals surface area contributed by atoms with Crippen LogP contribution in [0.15, 0.2) is 28.7 Å². The number of hydrogen-bond acceptors (Lipinski definition) is 3.